The van der Waals surface area contributed by atoms with Crippen LogP contribution < -0.4 is 16.2 Å². The first kappa shape index (κ1) is 14.0. The summed E-state index contributed by atoms with van der Waals surface area (Å²) in [5.41, 5.74) is 0.0559. The zero-order valence-electron chi connectivity index (χ0n) is 10.5. The van der Waals surface area contributed by atoms with Gasteiger partial charge in [0, 0.05) is 44.4 Å². The molecule has 0 fully saturated rings. The van der Waals surface area contributed by atoms with E-state index in [9.17, 15) is 14.4 Å². The Kier molecular flexibility index (Phi) is 5.10. The standard InChI is InChI=1S/C12H17N3O3/c1-3-13-10(16)4-6-14-12(18)9-5-7-15(2)11(17)8-9/h5,7-8H,3-4,6H2,1-2H3,(H,13,16)(H,14,18). The number of aromatic nitrogens is 1. The molecular formula is C12H17N3O3. The maximum Gasteiger partial charge on any atom is 0.251 e. The Bertz CT molecular complexity index is 494. The molecule has 1 heterocycles. The lowest BCUT2D eigenvalue weighted by Gasteiger charge is -2.05. The van der Waals surface area contributed by atoms with Gasteiger partial charge in [-0.2, -0.15) is 0 Å². The molecule has 0 radical (unpaired) electrons. The number of nitrogens with zero attached hydrogens (tertiary/aromatic N) is 1. The maximum atomic E-state index is 11.7. The normalized spacial score (nSPS) is 9.89. The van der Waals surface area contributed by atoms with Gasteiger partial charge in [0.05, 0.1) is 0 Å². The predicted octanol–water partition coefficient (Wildman–Crippen LogP) is -0.359. The highest BCUT2D eigenvalue weighted by Crippen LogP contribution is 1.94. The summed E-state index contributed by atoms with van der Waals surface area (Å²) in [6.45, 7) is 2.65. The van der Waals surface area contributed by atoms with Gasteiger partial charge in [-0.15, -0.1) is 0 Å². The van der Waals surface area contributed by atoms with Gasteiger partial charge in [0.2, 0.25) is 5.91 Å². The highest BCUT2D eigenvalue weighted by Gasteiger charge is 2.07. The second-order valence-electron chi connectivity index (χ2n) is 3.82. The van der Waals surface area contributed by atoms with Crippen molar-refractivity contribution < 1.29 is 9.59 Å². The minimum absolute atomic E-state index is 0.109. The molecule has 0 aromatic carbocycles. The van der Waals surface area contributed by atoms with E-state index in [4.69, 9.17) is 0 Å². The second kappa shape index (κ2) is 6.58. The lowest BCUT2D eigenvalue weighted by Crippen LogP contribution is -2.31. The number of pyridine rings is 1. The van der Waals surface area contributed by atoms with Crippen LogP contribution in [0.1, 0.15) is 23.7 Å². The molecule has 98 valence electrons. The summed E-state index contributed by atoms with van der Waals surface area (Å²) in [5.74, 6) is -0.459. The van der Waals surface area contributed by atoms with Crippen LogP contribution in [0.15, 0.2) is 23.1 Å². The van der Waals surface area contributed by atoms with Crippen molar-refractivity contribution in [1.29, 1.82) is 0 Å². The third-order valence-electron chi connectivity index (χ3n) is 2.38. The molecule has 1 aromatic heterocycles. The molecule has 0 aliphatic carbocycles. The van der Waals surface area contributed by atoms with Crippen molar-refractivity contribution >= 4 is 11.8 Å². The van der Waals surface area contributed by atoms with Crippen molar-refractivity contribution in [3.63, 3.8) is 0 Å². The molecule has 18 heavy (non-hydrogen) atoms. The van der Waals surface area contributed by atoms with Crippen LogP contribution in [0, 0.1) is 0 Å². The first-order valence-electron chi connectivity index (χ1n) is 5.76. The van der Waals surface area contributed by atoms with E-state index >= 15 is 0 Å². The Balaban J connectivity index is 2.48. The lowest BCUT2D eigenvalue weighted by molar-refractivity contribution is -0.120. The lowest BCUT2D eigenvalue weighted by atomic mass is 10.2. The Morgan fingerprint density at radius 2 is 2.06 bits per heavy atom. The monoisotopic (exact) mass is 251 g/mol. The molecule has 0 unspecified atom stereocenters. The zero-order valence-corrected chi connectivity index (χ0v) is 10.5. The third kappa shape index (κ3) is 4.04. The molecule has 0 aliphatic rings. The van der Waals surface area contributed by atoms with Gasteiger partial charge < -0.3 is 15.2 Å². The highest BCUT2D eigenvalue weighted by molar-refractivity contribution is 5.94. The van der Waals surface area contributed by atoms with Crippen molar-refractivity contribution in [3.05, 3.63) is 34.2 Å². The van der Waals surface area contributed by atoms with Crippen LogP contribution in [0.4, 0.5) is 0 Å². The summed E-state index contributed by atoms with van der Waals surface area (Å²) < 4.78 is 1.38. The van der Waals surface area contributed by atoms with E-state index in [0.717, 1.165) is 0 Å². The minimum atomic E-state index is -0.350. The molecule has 0 saturated carbocycles. The van der Waals surface area contributed by atoms with E-state index in [2.05, 4.69) is 10.6 Å². The molecule has 1 rings (SSSR count). The topological polar surface area (TPSA) is 80.2 Å². The molecule has 6 heteroatoms. The van der Waals surface area contributed by atoms with Gasteiger partial charge in [0.15, 0.2) is 0 Å². The molecule has 0 aliphatic heterocycles. The molecule has 0 bridgehead atoms. The molecule has 0 atom stereocenters. The Labute approximate surface area is 105 Å². The van der Waals surface area contributed by atoms with E-state index < -0.39 is 0 Å². The van der Waals surface area contributed by atoms with Gasteiger partial charge in [-0.3, -0.25) is 14.4 Å². The number of nitrogens with one attached hydrogen (secondary N) is 2. The number of hydrogen-bond acceptors (Lipinski definition) is 3. The van der Waals surface area contributed by atoms with Crippen molar-refractivity contribution in [3.8, 4) is 0 Å². The van der Waals surface area contributed by atoms with Crippen LogP contribution in [0.5, 0.6) is 0 Å². The van der Waals surface area contributed by atoms with E-state index in [0.29, 0.717) is 12.1 Å². The Morgan fingerprint density at radius 1 is 1.33 bits per heavy atom. The second-order valence-corrected chi connectivity index (χ2v) is 3.82. The number of carbonyl (C=O) groups is 2. The largest absolute Gasteiger partial charge is 0.356 e. The number of aryl methyl sites for hydroxylation is 1. The van der Waals surface area contributed by atoms with Gasteiger partial charge in [-0.25, -0.2) is 0 Å². The average molecular weight is 251 g/mol. The first-order chi connectivity index (χ1) is 8.54. The van der Waals surface area contributed by atoms with Gasteiger partial charge >= 0.3 is 0 Å². The fraction of sp³-hybridized carbons (Fsp3) is 0.417. The molecule has 1 aromatic rings. The van der Waals surface area contributed by atoms with Gasteiger partial charge in [0.25, 0.3) is 11.5 Å². The van der Waals surface area contributed by atoms with Crippen molar-refractivity contribution in [2.75, 3.05) is 13.1 Å². The van der Waals surface area contributed by atoms with E-state index in [-0.39, 0.29) is 30.3 Å². The van der Waals surface area contributed by atoms with E-state index in [1.807, 2.05) is 6.92 Å². The number of rotatable bonds is 5. The molecule has 6 nitrogen and oxygen atoms in total. The van der Waals surface area contributed by atoms with Crippen molar-refractivity contribution in [2.45, 2.75) is 13.3 Å². The average Bonchev–Trinajstić information content (AvgIpc) is 2.33. The number of hydrogen-bond donors (Lipinski definition) is 2. The van der Waals surface area contributed by atoms with Gasteiger partial charge in [0.1, 0.15) is 0 Å². The number of amides is 2. The molecule has 0 spiro atoms. The summed E-state index contributed by atoms with van der Waals surface area (Å²) >= 11 is 0. The third-order valence-corrected chi connectivity index (χ3v) is 2.38. The highest BCUT2D eigenvalue weighted by atomic mass is 16.2. The fourth-order valence-corrected chi connectivity index (χ4v) is 1.37. The van der Waals surface area contributed by atoms with Crippen molar-refractivity contribution in [1.82, 2.24) is 15.2 Å². The van der Waals surface area contributed by atoms with Crippen LogP contribution in [0.25, 0.3) is 0 Å². The Hall–Kier alpha value is -2.11. The minimum Gasteiger partial charge on any atom is -0.356 e. The van der Waals surface area contributed by atoms with Crippen LogP contribution in [-0.4, -0.2) is 29.5 Å². The maximum absolute atomic E-state index is 11.7. The Morgan fingerprint density at radius 3 is 2.67 bits per heavy atom. The quantitative estimate of drug-likeness (QED) is 0.750. The summed E-state index contributed by atoms with van der Waals surface area (Å²) in [6.07, 6.45) is 1.76. The first-order valence-corrected chi connectivity index (χ1v) is 5.76. The summed E-state index contributed by atoms with van der Waals surface area (Å²) in [7, 11) is 1.61. The summed E-state index contributed by atoms with van der Waals surface area (Å²) in [5, 5.41) is 5.22. The van der Waals surface area contributed by atoms with Gasteiger partial charge in [-0.05, 0) is 13.0 Å². The zero-order chi connectivity index (χ0) is 13.5. The summed E-state index contributed by atoms with van der Waals surface area (Å²) in [6, 6.07) is 2.82. The van der Waals surface area contributed by atoms with Crippen molar-refractivity contribution in [2.24, 2.45) is 7.05 Å². The van der Waals surface area contributed by atoms with Crippen LogP contribution >= 0.6 is 0 Å². The molecule has 0 saturated heterocycles. The summed E-state index contributed by atoms with van der Waals surface area (Å²) in [4.78, 5) is 34.1. The SMILES string of the molecule is CCNC(=O)CCNC(=O)c1ccn(C)c(=O)c1. The van der Waals surface area contributed by atoms with E-state index in [1.54, 1.807) is 13.1 Å². The fourth-order valence-electron chi connectivity index (χ4n) is 1.37. The molecule has 2 amide bonds. The number of carbonyl (C=O) groups excluding carboxylic acids is 2. The van der Waals surface area contributed by atoms with Crippen LogP contribution in [0.3, 0.4) is 0 Å². The molecular weight excluding hydrogens is 234 g/mol. The van der Waals surface area contributed by atoms with Crippen LogP contribution in [-0.2, 0) is 11.8 Å². The van der Waals surface area contributed by atoms with Gasteiger partial charge in [-0.1, -0.05) is 0 Å². The molecule has 2 N–H and O–H groups in total. The predicted molar refractivity (Wildman–Crippen MR) is 67.3 cm³/mol. The smallest absolute Gasteiger partial charge is 0.251 e. The van der Waals surface area contributed by atoms with E-state index in [1.165, 1.54) is 16.8 Å². The van der Waals surface area contributed by atoms with Crippen LogP contribution in [0.2, 0.25) is 0 Å².